The SMILES string of the molecule is COC(=O)C1=C(C)NC2=C(C(=O)C[C@@H](c3ccc(OC)c(OC)c3)C2)[C@@H]1c1cc(Br)c(OC)c(OC)c1. The molecule has 1 aliphatic carbocycles. The third-order valence-corrected chi connectivity index (χ3v) is 7.49. The fourth-order valence-corrected chi connectivity index (χ4v) is 5.82. The maximum absolute atomic E-state index is 13.8. The van der Waals surface area contributed by atoms with Crippen molar-refractivity contribution in [1.82, 2.24) is 5.32 Å². The van der Waals surface area contributed by atoms with E-state index in [9.17, 15) is 9.59 Å². The summed E-state index contributed by atoms with van der Waals surface area (Å²) < 4.78 is 27.6. The molecule has 0 amide bonds. The molecule has 2 aliphatic rings. The largest absolute Gasteiger partial charge is 0.493 e. The van der Waals surface area contributed by atoms with Crippen molar-refractivity contribution in [2.24, 2.45) is 0 Å². The number of hydrogen-bond donors (Lipinski definition) is 1. The van der Waals surface area contributed by atoms with Crippen LogP contribution in [0.15, 0.2) is 57.3 Å². The molecule has 0 unspecified atom stereocenters. The molecule has 4 rings (SSSR count). The van der Waals surface area contributed by atoms with Gasteiger partial charge in [-0.25, -0.2) is 4.79 Å². The smallest absolute Gasteiger partial charge is 0.336 e. The minimum absolute atomic E-state index is 0.0432. The van der Waals surface area contributed by atoms with Crippen LogP contribution in [-0.2, 0) is 14.3 Å². The van der Waals surface area contributed by atoms with E-state index in [4.69, 9.17) is 23.7 Å². The highest BCUT2D eigenvalue weighted by molar-refractivity contribution is 9.10. The molecule has 196 valence electrons. The summed E-state index contributed by atoms with van der Waals surface area (Å²) in [6.45, 7) is 1.82. The van der Waals surface area contributed by atoms with Crippen molar-refractivity contribution < 1.29 is 33.3 Å². The molecule has 2 atom stereocenters. The van der Waals surface area contributed by atoms with E-state index in [1.165, 1.54) is 7.11 Å². The van der Waals surface area contributed by atoms with E-state index in [-0.39, 0.29) is 18.1 Å². The van der Waals surface area contributed by atoms with Crippen LogP contribution in [0.25, 0.3) is 0 Å². The predicted octanol–water partition coefficient (Wildman–Crippen LogP) is 5.02. The summed E-state index contributed by atoms with van der Waals surface area (Å²) in [5.74, 6) is 1.02. The number of allylic oxidation sites excluding steroid dienone is 3. The van der Waals surface area contributed by atoms with E-state index in [0.29, 0.717) is 50.7 Å². The van der Waals surface area contributed by atoms with Gasteiger partial charge in [0.25, 0.3) is 0 Å². The Hall–Kier alpha value is -3.46. The number of ketones is 1. The van der Waals surface area contributed by atoms with Crippen LogP contribution >= 0.6 is 15.9 Å². The molecular weight excluding hydrogens is 542 g/mol. The molecule has 1 heterocycles. The molecule has 1 N–H and O–H groups in total. The molecule has 0 radical (unpaired) electrons. The van der Waals surface area contributed by atoms with Crippen LogP contribution in [0.3, 0.4) is 0 Å². The summed E-state index contributed by atoms with van der Waals surface area (Å²) in [6.07, 6.45) is 0.877. The Bertz CT molecular complexity index is 1310. The van der Waals surface area contributed by atoms with Crippen LogP contribution in [0.4, 0.5) is 0 Å². The summed E-state index contributed by atoms with van der Waals surface area (Å²) >= 11 is 3.55. The van der Waals surface area contributed by atoms with Crippen molar-refractivity contribution in [3.05, 3.63) is 68.5 Å². The minimum Gasteiger partial charge on any atom is -0.493 e. The second-order valence-corrected chi connectivity index (χ2v) is 9.72. The first-order valence-electron chi connectivity index (χ1n) is 11.7. The van der Waals surface area contributed by atoms with Gasteiger partial charge in [0.1, 0.15) is 0 Å². The quantitative estimate of drug-likeness (QED) is 0.463. The standard InChI is InChI=1S/C28H30BrNO7/c1-14-24(28(32)37-6)25(17-9-18(29)27(36-5)23(13-17)35-4)26-19(30-14)10-16(11-20(26)31)15-7-8-21(33-2)22(12-15)34-3/h7-9,12-13,16,25,30H,10-11H2,1-6H3/t16-,25+/m0/s1. The highest BCUT2D eigenvalue weighted by atomic mass is 79.9. The lowest BCUT2D eigenvalue weighted by Crippen LogP contribution is -2.36. The molecular formula is C28H30BrNO7. The van der Waals surface area contributed by atoms with Gasteiger partial charge in [0, 0.05) is 29.3 Å². The van der Waals surface area contributed by atoms with Crippen molar-refractivity contribution in [1.29, 1.82) is 0 Å². The van der Waals surface area contributed by atoms with Crippen molar-refractivity contribution in [3.63, 3.8) is 0 Å². The third kappa shape index (κ3) is 4.80. The molecule has 2 aromatic rings. The average Bonchev–Trinajstić information content (AvgIpc) is 2.90. The summed E-state index contributed by atoms with van der Waals surface area (Å²) in [4.78, 5) is 26.8. The molecule has 2 aromatic carbocycles. The fourth-order valence-electron chi connectivity index (χ4n) is 5.20. The van der Waals surface area contributed by atoms with Crippen LogP contribution in [0.1, 0.15) is 42.7 Å². The van der Waals surface area contributed by atoms with Gasteiger partial charge in [0.05, 0.1) is 45.6 Å². The number of carbonyl (C=O) groups excluding carboxylic acids is 2. The van der Waals surface area contributed by atoms with E-state index in [1.807, 2.05) is 31.2 Å². The van der Waals surface area contributed by atoms with E-state index in [2.05, 4.69) is 21.2 Å². The van der Waals surface area contributed by atoms with E-state index >= 15 is 0 Å². The Kier molecular flexibility index (Phi) is 7.82. The number of halogens is 1. The van der Waals surface area contributed by atoms with Crippen LogP contribution in [-0.4, -0.2) is 47.3 Å². The number of dihydropyridines is 1. The first-order chi connectivity index (χ1) is 17.8. The van der Waals surface area contributed by atoms with Crippen LogP contribution in [0.5, 0.6) is 23.0 Å². The van der Waals surface area contributed by atoms with Crippen molar-refractivity contribution in [2.45, 2.75) is 31.6 Å². The second kappa shape index (κ2) is 10.9. The highest BCUT2D eigenvalue weighted by Crippen LogP contribution is 2.48. The zero-order valence-corrected chi connectivity index (χ0v) is 23.3. The van der Waals surface area contributed by atoms with E-state index < -0.39 is 11.9 Å². The number of Topliss-reactive ketones (excluding diaryl/α,β-unsaturated/α-hetero) is 1. The number of benzene rings is 2. The van der Waals surface area contributed by atoms with E-state index in [0.717, 1.165) is 16.8 Å². The van der Waals surface area contributed by atoms with Gasteiger partial charge in [-0.2, -0.15) is 0 Å². The maximum Gasteiger partial charge on any atom is 0.336 e. The van der Waals surface area contributed by atoms with Gasteiger partial charge >= 0.3 is 5.97 Å². The summed E-state index contributed by atoms with van der Waals surface area (Å²) in [5.41, 5.74) is 4.07. The van der Waals surface area contributed by atoms with Crippen LogP contribution < -0.4 is 24.3 Å². The van der Waals surface area contributed by atoms with Gasteiger partial charge in [-0.15, -0.1) is 0 Å². The first-order valence-corrected chi connectivity index (χ1v) is 12.5. The number of methoxy groups -OCH3 is 5. The molecule has 1 aliphatic heterocycles. The number of hydrogen-bond acceptors (Lipinski definition) is 8. The molecule has 0 spiro atoms. The minimum atomic E-state index is -0.626. The van der Waals surface area contributed by atoms with Crippen molar-refractivity contribution >= 4 is 27.7 Å². The zero-order valence-electron chi connectivity index (χ0n) is 21.7. The zero-order chi connectivity index (χ0) is 26.9. The highest BCUT2D eigenvalue weighted by Gasteiger charge is 2.42. The molecule has 0 saturated heterocycles. The molecule has 37 heavy (non-hydrogen) atoms. The van der Waals surface area contributed by atoms with Crippen molar-refractivity contribution in [3.8, 4) is 23.0 Å². The van der Waals surface area contributed by atoms with Gasteiger partial charge < -0.3 is 29.0 Å². The summed E-state index contributed by atoms with van der Waals surface area (Å²) in [6, 6.07) is 9.37. The van der Waals surface area contributed by atoms with Gasteiger partial charge in [0.2, 0.25) is 0 Å². The molecule has 9 heteroatoms. The van der Waals surface area contributed by atoms with Gasteiger partial charge in [0.15, 0.2) is 28.8 Å². The Morgan fingerprint density at radius 3 is 2.19 bits per heavy atom. The predicted molar refractivity (Wildman–Crippen MR) is 141 cm³/mol. The van der Waals surface area contributed by atoms with Gasteiger partial charge in [-0.1, -0.05) is 6.07 Å². The van der Waals surface area contributed by atoms with Gasteiger partial charge in [-0.3, -0.25) is 4.79 Å². The molecule has 0 bridgehead atoms. The monoisotopic (exact) mass is 571 g/mol. The normalized spacial score (nSPS) is 19.2. The molecule has 0 aromatic heterocycles. The number of rotatable bonds is 7. The lowest BCUT2D eigenvalue weighted by Gasteiger charge is -2.37. The number of carbonyl (C=O) groups is 2. The van der Waals surface area contributed by atoms with Crippen molar-refractivity contribution in [2.75, 3.05) is 35.5 Å². The van der Waals surface area contributed by atoms with Crippen LogP contribution in [0.2, 0.25) is 0 Å². The second-order valence-electron chi connectivity index (χ2n) is 8.86. The number of ether oxygens (including phenoxy) is 5. The number of nitrogens with one attached hydrogen (secondary N) is 1. The van der Waals surface area contributed by atoms with E-state index in [1.54, 1.807) is 34.5 Å². The van der Waals surface area contributed by atoms with Gasteiger partial charge in [-0.05, 0) is 70.6 Å². The number of esters is 1. The Balaban J connectivity index is 1.83. The Morgan fingerprint density at radius 2 is 1.57 bits per heavy atom. The fraction of sp³-hybridized carbons (Fsp3) is 0.357. The molecule has 0 saturated carbocycles. The summed E-state index contributed by atoms with van der Waals surface area (Å²) in [5, 5.41) is 3.34. The Morgan fingerprint density at radius 1 is 0.892 bits per heavy atom. The maximum atomic E-state index is 13.8. The lowest BCUT2D eigenvalue weighted by atomic mass is 9.71. The summed E-state index contributed by atoms with van der Waals surface area (Å²) in [7, 11) is 7.61. The molecule has 0 fully saturated rings. The topological polar surface area (TPSA) is 92.3 Å². The Labute approximate surface area is 224 Å². The first kappa shape index (κ1) is 26.6. The third-order valence-electron chi connectivity index (χ3n) is 6.90. The average molecular weight is 572 g/mol. The molecule has 8 nitrogen and oxygen atoms in total. The van der Waals surface area contributed by atoms with Crippen LogP contribution in [0, 0.1) is 0 Å². The lowest BCUT2D eigenvalue weighted by molar-refractivity contribution is -0.136.